The van der Waals surface area contributed by atoms with Crippen LogP contribution in [0, 0.1) is 6.92 Å². The van der Waals surface area contributed by atoms with Gasteiger partial charge in [0.2, 0.25) is 0 Å². The molecule has 0 atom stereocenters. The summed E-state index contributed by atoms with van der Waals surface area (Å²) in [6, 6.07) is 4.21. The van der Waals surface area contributed by atoms with Crippen molar-refractivity contribution in [1.82, 2.24) is 24.9 Å². The molecule has 1 aliphatic carbocycles. The van der Waals surface area contributed by atoms with Crippen molar-refractivity contribution in [3.63, 3.8) is 0 Å². The van der Waals surface area contributed by atoms with Crippen LogP contribution in [-0.2, 0) is 19.9 Å². The molecule has 1 fully saturated rings. The second-order valence-corrected chi connectivity index (χ2v) is 7.15. The smallest absolute Gasteiger partial charge is 0.274 e. The molecule has 0 radical (unpaired) electrons. The average molecular weight is 340 g/mol. The van der Waals surface area contributed by atoms with Crippen LogP contribution in [0.3, 0.4) is 0 Å². The van der Waals surface area contributed by atoms with E-state index in [1.807, 2.05) is 27.1 Å². The maximum atomic E-state index is 12.6. The van der Waals surface area contributed by atoms with Crippen LogP contribution in [0.1, 0.15) is 40.3 Å². The minimum atomic E-state index is -0.0233. The average Bonchev–Trinajstić information content (AvgIpc) is 2.91. The quantitative estimate of drug-likeness (QED) is 0.844. The molecule has 7 heteroatoms. The van der Waals surface area contributed by atoms with E-state index >= 15 is 0 Å². The number of nitrogens with zero attached hydrogens (tertiary/aromatic N) is 6. The van der Waals surface area contributed by atoms with E-state index in [2.05, 4.69) is 26.3 Å². The summed E-state index contributed by atoms with van der Waals surface area (Å²) in [6.07, 6.45) is 4.60. The van der Waals surface area contributed by atoms with Crippen LogP contribution < -0.4 is 4.90 Å². The molecule has 2 aromatic heterocycles. The van der Waals surface area contributed by atoms with Gasteiger partial charge in [-0.15, -0.1) is 5.10 Å². The number of fused-ring (bicyclic) bond motifs is 1. The maximum absolute atomic E-state index is 12.6. The molecule has 1 aliphatic heterocycles. The Balaban J connectivity index is 1.40. The molecule has 2 aliphatic rings. The molecular weight excluding hydrogens is 316 g/mol. The van der Waals surface area contributed by atoms with E-state index in [-0.39, 0.29) is 11.9 Å². The van der Waals surface area contributed by atoms with Crippen LogP contribution in [0.25, 0.3) is 0 Å². The van der Waals surface area contributed by atoms with Gasteiger partial charge in [-0.2, -0.15) is 10.2 Å². The van der Waals surface area contributed by atoms with E-state index in [0.717, 1.165) is 43.1 Å². The van der Waals surface area contributed by atoms with Gasteiger partial charge in [-0.05, 0) is 50.3 Å². The first-order valence-electron chi connectivity index (χ1n) is 8.91. The molecule has 0 aromatic carbocycles. The second kappa shape index (κ2) is 6.13. The number of anilines is 1. The van der Waals surface area contributed by atoms with Gasteiger partial charge in [0, 0.05) is 32.9 Å². The molecule has 0 unspecified atom stereocenters. The number of hydrogen-bond donors (Lipinski definition) is 0. The first kappa shape index (κ1) is 16.1. The van der Waals surface area contributed by atoms with Crippen LogP contribution in [0.5, 0.6) is 0 Å². The zero-order valence-corrected chi connectivity index (χ0v) is 15.1. The molecule has 1 amide bonds. The molecule has 4 rings (SSSR count). The molecule has 132 valence electrons. The number of hydrogen-bond acceptors (Lipinski definition) is 5. The predicted octanol–water partition coefficient (Wildman–Crippen LogP) is 1.36. The fraction of sp³-hybridized carbons (Fsp3) is 0.556. The van der Waals surface area contributed by atoms with Crippen LogP contribution in [0.15, 0.2) is 12.1 Å². The zero-order chi connectivity index (χ0) is 17.6. The first-order chi connectivity index (χ1) is 12.0. The van der Waals surface area contributed by atoms with Crippen molar-refractivity contribution in [1.29, 1.82) is 0 Å². The van der Waals surface area contributed by atoms with E-state index in [4.69, 9.17) is 0 Å². The SMILES string of the molecule is Cc1cc(C(=O)N(C)C2CN(c3cc4c(nn3)CCCC4)C2)nn1C. The Kier molecular flexibility index (Phi) is 3.94. The number of amides is 1. The summed E-state index contributed by atoms with van der Waals surface area (Å²) in [5.74, 6) is 0.913. The molecular formula is C18H24N6O. The number of likely N-dealkylation sites (N-methyl/N-ethyl adjacent to an activating group) is 1. The third-order valence-electron chi connectivity index (χ3n) is 5.44. The monoisotopic (exact) mass is 340 g/mol. The second-order valence-electron chi connectivity index (χ2n) is 7.15. The van der Waals surface area contributed by atoms with E-state index < -0.39 is 0 Å². The van der Waals surface area contributed by atoms with Crippen molar-refractivity contribution in [2.75, 3.05) is 25.0 Å². The van der Waals surface area contributed by atoms with Gasteiger partial charge in [-0.25, -0.2) is 0 Å². The topological polar surface area (TPSA) is 67.2 Å². The zero-order valence-electron chi connectivity index (χ0n) is 15.1. The van der Waals surface area contributed by atoms with E-state index in [1.54, 1.807) is 9.58 Å². The van der Waals surface area contributed by atoms with Gasteiger partial charge in [0.1, 0.15) is 0 Å². The molecule has 0 saturated carbocycles. The number of aromatic nitrogens is 4. The Labute approximate surface area is 147 Å². The summed E-state index contributed by atoms with van der Waals surface area (Å²) < 4.78 is 1.73. The maximum Gasteiger partial charge on any atom is 0.274 e. The highest BCUT2D eigenvalue weighted by Crippen LogP contribution is 2.26. The largest absolute Gasteiger partial charge is 0.351 e. The first-order valence-corrected chi connectivity index (χ1v) is 8.91. The molecule has 2 aromatic rings. The summed E-state index contributed by atoms with van der Waals surface area (Å²) in [6.45, 7) is 3.53. The lowest BCUT2D eigenvalue weighted by molar-refractivity contribution is 0.0698. The number of aryl methyl sites for hydroxylation is 4. The highest BCUT2D eigenvalue weighted by molar-refractivity contribution is 5.92. The Morgan fingerprint density at radius 1 is 1.20 bits per heavy atom. The molecule has 0 N–H and O–H groups in total. The Morgan fingerprint density at radius 2 is 1.96 bits per heavy atom. The Bertz CT molecular complexity index is 788. The standard InChI is InChI=1S/C18H24N6O/c1-12-8-16(21-23(12)3)18(25)22(2)14-10-24(11-14)17-9-13-6-4-5-7-15(13)19-20-17/h8-9,14H,4-7,10-11H2,1-3H3. The molecule has 25 heavy (non-hydrogen) atoms. The van der Waals surface area contributed by atoms with E-state index in [1.165, 1.54) is 18.4 Å². The van der Waals surface area contributed by atoms with Gasteiger partial charge in [0.05, 0.1) is 11.7 Å². The Hall–Kier alpha value is -2.44. The van der Waals surface area contributed by atoms with Crippen LogP contribution >= 0.6 is 0 Å². The van der Waals surface area contributed by atoms with Gasteiger partial charge in [0.15, 0.2) is 11.5 Å². The predicted molar refractivity (Wildman–Crippen MR) is 94.7 cm³/mol. The third kappa shape index (κ3) is 2.88. The third-order valence-corrected chi connectivity index (χ3v) is 5.44. The van der Waals surface area contributed by atoms with Gasteiger partial charge in [0.25, 0.3) is 5.91 Å². The fourth-order valence-corrected chi connectivity index (χ4v) is 3.53. The summed E-state index contributed by atoms with van der Waals surface area (Å²) in [4.78, 5) is 16.6. The van der Waals surface area contributed by atoms with Crippen LogP contribution in [0.4, 0.5) is 5.82 Å². The minimum absolute atomic E-state index is 0.0233. The number of carbonyl (C=O) groups is 1. The highest BCUT2D eigenvalue weighted by Gasteiger charge is 2.34. The number of carbonyl (C=O) groups excluding carboxylic acids is 1. The summed E-state index contributed by atoms with van der Waals surface area (Å²) in [5.41, 5.74) is 3.99. The van der Waals surface area contributed by atoms with Gasteiger partial charge >= 0.3 is 0 Å². The van der Waals surface area contributed by atoms with Crippen molar-refractivity contribution >= 4 is 11.7 Å². The van der Waals surface area contributed by atoms with Gasteiger partial charge < -0.3 is 9.80 Å². The lowest BCUT2D eigenvalue weighted by atomic mass is 9.96. The molecule has 0 spiro atoms. The van der Waals surface area contributed by atoms with Crippen molar-refractivity contribution in [2.24, 2.45) is 7.05 Å². The van der Waals surface area contributed by atoms with Crippen molar-refractivity contribution in [2.45, 2.75) is 38.6 Å². The van der Waals surface area contributed by atoms with Crippen molar-refractivity contribution < 1.29 is 4.79 Å². The fourth-order valence-electron chi connectivity index (χ4n) is 3.53. The van der Waals surface area contributed by atoms with Crippen molar-refractivity contribution in [3.8, 4) is 0 Å². The lowest BCUT2D eigenvalue weighted by Gasteiger charge is -2.44. The molecule has 7 nitrogen and oxygen atoms in total. The summed E-state index contributed by atoms with van der Waals surface area (Å²) in [5, 5.41) is 13.1. The summed E-state index contributed by atoms with van der Waals surface area (Å²) in [7, 11) is 3.71. The normalized spacial score (nSPS) is 17.2. The molecule has 1 saturated heterocycles. The van der Waals surface area contributed by atoms with Crippen molar-refractivity contribution in [3.05, 3.63) is 34.8 Å². The molecule has 0 bridgehead atoms. The van der Waals surface area contributed by atoms with Gasteiger partial charge in [-0.1, -0.05) is 0 Å². The number of rotatable bonds is 3. The molecule has 3 heterocycles. The van der Waals surface area contributed by atoms with E-state index in [9.17, 15) is 4.79 Å². The van der Waals surface area contributed by atoms with Gasteiger partial charge in [-0.3, -0.25) is 9.48 Å². The van der Waals surface area contributed by atoms with Crippen LogP contribution in [0.2, 0.25) is 0 Å². The van der Waals surface area contributed by atoms with E-state index in [0.29, 0.717) is 5.69 Å². The Morgan fingerprint density at radius 3 is 2.68 bits per heavy atom. The summed E-state index contributed by atoms with van der Waals surface area (Å²) >= 11 is 0. The lowest BCUT2D eigenvalue weighted by Crippen LogP contribution is -2.60. The highest BCUT2D eigenvalue weighted by atomic mass is 16.2. The van der Waals surface area contributed by atoms with Crippen LogP contribution in [-0.4, -0.2) is 57.0 Å². The minimum Gasteiger partial charge on any atom is -0.351 e.